The number of benzene rings is 2. The van der Waals surface area contributed by atoms with E-state index in [1.807, 2.05) is 36.4 Å². The average molecular weight is 391 g/mol. The highest BCUT2D eigenvalue weighted by Crippen LogP contribution is 2.43. The van der Waals surface area contributed by atoms with Gasteiger partial charge in [-0.25, -0.2) is 0 Å². The lowest BCUT2D eigenvalue weighted by atomic mass is 9.85. The van der Waals surface area contributed by atoms with Gasteiger partial charge in [-0.3, -0.25) is 4.79 Å². The Bertz CT molecular complexity index is 776. The van der Waals surface area contributed by atoms with Crippen LogP contribution in [0.4, 0.5) is 0 Å². The first-order valence-electron chi connectivity index (χ1n) is 10.3. The Labute approximate surface area is 174 Å². The van der Waals surface area contributed by atoms with Crippen LogP contribution in [0.3, 0.4) is 0 Å². The fraction of sp³-hybridized carbons (Fsp3) is 0.346. The molecule has 1 aliphatic carbocycles. The molecule has 3 nitrogen and oxygen atoms in total. The molecule has 0 amide bonds. The van der Waals surface area contributed by atoms with Gasteiger partial charge in [0.25, 0.3) is 0 Å². The Morgan fingerprint density at radius 2 is 1.34 bits per heavy atom. The number of hydrogen-bond acceptors (Lipinski definition) is 3. The maximum absolute atomic E-state index is 11.7. The van der Waals surface area contributed by atoms with Gasteiger partial charge in [0.1, 0.15) is 6.29 Å². The maximum atomic E-state index is 11.7. The summed E-state index contributed by atoms with van der Waals surface area (Å²) in [6.45, 7) is 4.37. The number of allylic oxidation sites excluding steroid dienone is 4. The van der Waals surface area contributed by atoms with Crippen molar-refractivity contribution in [3.8, 4) is 0 Å². The fourth-order valence-corrected chi connectivity index (χ4v) is 3.81. The smallest absolute Gasteiger partial charge is 0.146 e. The SMILES string of the molecule is CC/C=C/C1=C(C=O)CC(COCc2ccccc2)(COCc2ccccc2)C1. The molecule has 29 heavy (non-hydrogen) atoms. The van der Waals surface area contributed by atoms with Gasteiger partial charge in [-0.1, -0.05) is 79.7 Å². The first-order valence-corrected chi connectivity index (χ1v) is 10.3. The summed E-state index contributed by atoms with van der Waals surface area (Å²) in [7, 11) is 0. The van der Waals surface area contributed by atoms with Gasteiger partial charge in [0.15, 0.2) is 0 Å². The van der Waals surface area contributed by atoms with E-state index in [9.17, 15) is 4.79 Å². The van der Waals surface area contributed by atoms with E-state index in [0.717, 1.165) is 41.4 Å². The van der Waals surface area contributed by atoms with Crippen LogP contribution >= 0.6 is 0 Å². The summed E-state index contributed by atoms with van der Waals surface area (Å²) in [5.41, 5.74) is 4.10. The Hall–Kier alpha value is -2.49. The van der Waals surface area contributed by atoms with Crippen LogP contribution < -0.4 is 0 Å². The Morgan fingerprint density at radius 1 is 0.828 bits per heavy atom. The lowest BCUT2D eigenvalue weighted by Crippen LogP contribution is -2.30. The number of carbonyl (C=O) groups is 1. The fourth-order valence-electron chi connectivity index (χ4n) is 3.81. The van der Waals surface area contributed by atoms with Crippen LogP contribution in [0.1, 0.15) is 37.3 Å². The molecular formula is C26H30O3. The molecule has 0 saturated carbocycles. The summed E-state index contributed by atoms with van der Waals surface area (Å²) < 4.78 is 12.2. The van der Waals surface area contributed by atoms with E-state index in [2.05, 4.69) is 43.3 Å². The minimum absolute atomic E-state index is 0.201. The predicted molar refractivity (Wildman–Crippen MR) is 116 cm³/mol. The zero-order chi connectivity index (χ0) is 20.4. The van der Waals surface area contributed by atoms with E-state index in [4.69, 9.17) is 9.47 Å². The molecule has 0 fully saturated rings. The van der Waals surface area contributed by atoms with Crippen molar-refractivity contribution in [3.63, 3.8) is 0 Å². The van der Waals surface area contributed by atoms with Crippen molar-refractivity contribution < 1.29 is 14.3 Å². The second kappa shape index (κ2) is 10.9. The molecule has 0 radical (unpaired) electrons. The molecule has 0 N–H and O–H groups in total. The average Bonchev–Trinajstić information content (AvgIpc) is 3.11. The third kappa shape index (κ3) is 6.25. The molecule has 0 heterocycles. The first-order chi connectivity index (χ1) is 14.2. The van der Waals surface area contributed by atoms with Gasteiger partial charge in [0.05, 0.1) is 26.4 Å². The topological polar surface area (TPSA) is 35.5 Å². The highest BCUT2D eigenvalue weighted by Gasteiger charge is 2.38. The molecule has 0 atom stereocenters. The summed E-state index contributed by atoms with van der Waals surface area (Å²) in [5, 5.41) is 0. The van der Waals surface area contributed by atoms with Gasteiger partial charge in [-0.2, -0.15) is 0 Å². The predicted octanol–water partition coefficient (Wildman–Crippen LogP) is 5.66. The molecule has 0 saturated heterocycles. The van der Waals surface area contributed by atoms with Crippen LogP contribution in [0.5, 0.6) is 0 Å². The molecule has 3 heteroatoms. The lowest BCUT2D eigenvalue weighted by Gasteiger charge is -2.29. The number of aldehydes is 1. The van der Waals surface area contributed by atoms with E-state index >= 15 is 0 Å². The molecule has 0 aromatic heterocycles. The van der Waals surface area contributed by atoms with Gasteiger partial charge < -0.3 is 9.47 Å². The van der Waals surface area contributed by atoms with E-state index in [0.29, 0.717) is 32.8 Å². The van der Waals surface area contributed by atoms with Crippen LogP contribution in [-0.4, -0.2) is 19.5 Å². The van der Waals surface area contributed by atoms with E-state index < -0.39 is 0 Å². The monoisotopic (exact) mass is 390 g/mol. The number of rotatable bonds is 11. The van der Waals surface area contributed by atoms with Crippen LogP contribution in [0, 0.1) is 5.41 Å². The van der Waals surface area contributed by atoms with Gasteiger partial charge in [-0.05, 0) is 41.5 Å². The molecule has 2 aromatic carbocycles. The Morgan fingerprint density at radius 3 is 1.83 bits per heavy atom. The van der Waals surface area contributed by atoms with Gasteiger partial charge in [0, 0.05) is 5.41 Å². The minimum Gasteiger partial charge on any atom is -0.376 e. The van der Waals surface area contributed by atoms with Crippen LogP contribution in [-0.2, 0) is 27.5 Å². The molecule has 0 unspecified atom stereocenters. The second-order valence-electron chi connectivity index (χ2n) is 7.79. The summed E-state index contributed by atoms with van der Waals surface area (Å²) >= 11 is 0. The lowest BCUT2D eigenvalue weighted by molar-refractivity contribution is -0.105. The molecule has 3 rings (SSSR count). The van der Waals surface area contributed by atoms with Crippen molar-refractivity contribution in [1.82, 2.24) is 0 Å². The number of ether oxygens (including phenoxy) is 2. The summed E-state index contributed by atoms with van der Waals surface area (Å²) in [5.74, 6) is 0. The summed E-state index contributed by atoms with van der Waals surface area (Å²) in [6, 6.07) is 20.4. The normalized spacial score (nSPS) is 15.9. The molecule has 152 valence electrons. The highest BCUT2D eigenvalue weighted by molar-refractivity contribution is 5.77. The summed E-state index contributed by atoms with van der Waals surface area (Å²) in [4.78, 5) is 11.7. The summed E-state index contributed by atoms with van der Waals surface area (Å²) in [6.07, 6.45) is 7.68. The molecular weight excluding hydrogens is 360 g/mol. The van der Waals surface area contributed by atoms with Crippen molar-refractivity contribution in [2.75, 3.05) is 13.2 Å². The van der Waals surface area contributed by atoms with Gasteiger partial charge >= 0.3 is 0 Å². The minimum atomic E-state index is -0.201. The Kier molecular flexibility index (Phi) is 7.97. The molecule has 0 bridgehead atoms. The molecule has 1 aliphatic rings. The van der Waals surface area contributed by atoms with E-state index in [1.54, 1.807) is 0 Å². The quantitative estimate of drug-likeness (QED) is 0.464. The third-order valence-electron chi connectivity index (χ3n) is 5.28. The van der Waals surface area contributed by atoms with Crippen molar-refractivity contribution in [3.05, 3.63) is 95.1 Å². The molecule has 0 spiro atoms. The maximum Gasteiger partial charge on any atom is 0.146 e. The van der Waals surface area contributed by atoms with Crippen molar-refractivity contribution in [2.45, 2.75) is 39.4 Å². The number of carbonyl (C=O) groups excluding carboxylic acids is 1. The van der Waals surface area contributed by atoms with Crippen molar-refractivity contribution in [1.29, 1.82) is 0 Å². The van der Waals surface area contributed by atoms with E-state index in [1.165, 1.54) is 0 Å². The van der Waals surface area contributed by atoms with Crippen LogP contribution in [0.2, 0.25) is 0 Å². The van der Waals surface area contributed by atoms with Crippen LogP contribution in [0.25, 0.3) is 0 Å². The zero-order valence-electron chi connectivity index (χ0n) is 17.2. The largest absolute Gasteiger partial charge is 0.376 e. The second-order valence-corrected chi connectivity index (χ2v) is 7.79. The van der Waals surface area contributed by atoms with Gasteiger partial charge in [-0.15, -0.1) is 0 Å². The first kappa shape index (κ1) is 21.2. The van der Waals surface area contributed by atoms with Crippen molar-refractivity contribution in [2.24, 2.45) is 5.41 Å². The molecule has 0 aliphatic heterocycles. The standard InChI is InChI=1S/C26H30O3/c1-2-3-14-24-15-26(16-25(24)17-27,20-28-18-22-10-6-4-7-11-22)21-29-19-23-12-8-5-9-13-23/h3-14,17H,2,15-16,18-21H2,1H3/b14-3+. The third-order valence-corrected chi connectivity index (χ3v) is 5.28. The zero-order valence-corrected chi connectivity index (χ0v) is 17.2. The molecule has 2 aromatic rings. The van der Waals surface area contributed by atoms with Crippen molar-refractivity contribution >= 4 is 6.29 Å². The van der Waals surface area contributed by atoms with Crippen LogP contribution in [0.15, 0.2) is 84.0 Å². The van der Waals surface area contributed by atoms with E-state index in [-0.39, 0.29) is 5.41 Å². The number of hydrogen-bond donors (Lipinski definition) is 0. The van der Waals surface area contributed by atoms with Gasteiger partial charge in [0.2, 0.25) is 0 Å². The Balaban J connectivity index is 1.65. The highest BCUT2D eigenvalue weighted by atomic mass is 16.5.